The fourth-order valence-electron chi connectivity index (χ4n) is 2.03. The summed E-state index contributed by atoms with van der Waals surface area (Å²) in [6.45, 7) is 5.74. The normalized spacial score (nSPS) is 15.9. The van der Waals surface area contributed by atoms with E-state index in [4.69, 9.17) is 4.84 Å². The van der Waals surface area contributed by atoms with Gasteiger partial charge in [-0.2, -0.15) is 0 Å². The van der Waals surface area contributed by atoms with Crippen molar-refractivity contribution in [1.82, 2.24) is 5.48 Å². The molecule has 0 aromatic carbocycles. The number of thiophene rings is 1. The average Bonchev–Trinajstić information content (AvgIpc) is 2.57. The molecule has 0 radical (unpaired) electrons. The third-order valence-electron chi connectivity index (χ3n) is 2.92. The van der Waals surface area contributed by atoms with Gasteiger partial charge >= 0.3 is 0 Å². The van der Waals surface area contributed by atoms with Gasteiger partial charge in [-0.15, -0.1) is 11.3 Å². The van der Waals surface area contributed by atoms with E-state index in [0.29, 0.717) is 0 Å². The number of rotatable bonds is 2. The Morgan fingerprint density at radius 1 is 1.28 bits per heavy atom. The van der Waals surface area contributed by atoms with Crippen molar-refractivity contribution in [2.75, 3.05) is 0 Å². The molecule has 0 saturated carbocycles. The molecule has 3 nitrogen and oxygen atoms in total. The topological polar surface area (TPSA) is 38.3 Å². The van der Waals surface area contributed by atoms with Crippen LogP contribution in [-0.2, 0) is 17.7 Å². The standard InChI is InChI=1S/C14H21NO2S/c1-14(2,3)17-15-13(16)12-9-10-7-5-4-6-8-11(10)18-12/h9H,4-8H2,1-3H3,(H,15,16). The SMILES string of the molecule is CC(C)(C)ONC(=O)c1cc2c(s1)CCCCC2. The number of nitrogens with one attached hydrogen (secondary N) is 1. The van der Waals surface area contributed by atoms with Crippen LogP contribution in [0.15, 0.2) is 6.07 Å². The average molecular weight is 267 g/mol. The molecule has 2 rings (SSSR count). The van der Waals surface area contributed by atoms with Gasteiger partial charge in [-0.05, 0) is 58.1 Å². The van der Waals surface area contributed by atoms with Crippen LogP contribution in [-0.4, -0.2) is 11.5 Å². The minimum absolute atomic E-state index is 0.122. The van der Waals surface area contributed by atoms with Crippen molar-refractivity contribution >= 4 is 17.2 Å². The van der Waals surface area contributed by atoms with Crippen LogP contribution in [0.1, 0.15) is 60.1 Å². The van der Waals surface area contributed by atoms with Crippen LogP contribution >= 0.6 is 11.3 Å². The highest BCUT2D eigenvalue weighted by atomic mass is 32.1. The van der Waals surface area contributed by atoms with Crippen molar-refractivity contribution in [2.45, 2.75) is 58.5 Å². The Kier molecular flexibility index (Phi) is 4.07. The number of aryl methyl sites for hydroxylation is 2. The first-order chi connectivity index (χ1) is 8.46. The molecule has 1 heterocycles. The lowest BCUT2D eigenvalue weighted by Crippen LogP contribution is -2.33. The lowest BCUT2D eigenvalue weighted by Gasteiger charge is -2.18. The summed E-state index contributed by atoms with van der Waals surface area (Å²) in [5, 5.41) is 0. The van der Waals surface area contributed by atoms with Crippen LogP contribution in [0.5, 0.6) is 0 Å². The number of hydrogen-bond acceptors (Lipinski definition) is 3. The first-order valence-electron chi connectivity index (χ1n) is 6.56. The fourth-order valence-corrected chi connectivity index (χ4v) is 3.17. The van der Waals surface area contributed by atoms with Crippen LogP contribution in [0.4, 0.5) is 0 Å². The molecule has 1 N–H and O–H groups in total. The van der Waals surface area contributed by atoms with E-state index in [1.54, 1.807) is 11.3 Å². The Balaban J connectivity index is 2.03. The smallest absolute Gasteiger partial charge is 0.268 e. The molecule has 1 aromatic rings. The number of hydrogen-bond donors (Lipinski definition) is 1. The molecular formula is C14H21NO2S. The predicted molar refractivity (Wildman–Crippen MR) is 73.9 cm³/mol. The molecule has 1 aromatic heterocycles. The summed E-state index contributed by atoms with van der Waals surface area (Å²) in [5.41, 5.74) is 3.54. The van der Waals surface area contributed by atoms with Gasteiger partial charge < -0.3 is 0 Å². The summed E-state index contributed by atoms with van der Waals surface area (Å²) in [5.74, 6) is -0.122. The van der Waals surface area contributed by atoms with Gasteiger partial charge in [0.1, 0.15) is 0 Å². The van der Waals surface area contributed by atoms with Crippen molar-refractivity contribution in [3.8, 4) is 0 Å². The number of carbonyl (C=O) groups is 1. The molecule has 0 aliphatic heterocycles. The molecule has 0 saturated heterocycles. The second-order valence-corrected chi connectivity index (χ2v) is 6.90. The molecule has 18 heavy (non-hydrogen) atoms. The molecule has 1 aliphatic carbocycles. The summed E-state index contributed by atoms with van der Waals surface area (Å²) in [7, 11) is 0. The lowest BCUT2D eigenvalue weighted by atomic mass is 10.1. The highest BCUT2D eigenvalue weighted by Gasteiger charge is 2.18. The minimum atomic E-state index is -0.357. The molecule has 100 valence electrons. The molecule has 4 heteroatoms. The Morgan fingerprint density at radius 2 is 2.00 bits per heavy atom. The lowest BCUT2D eigenvalue weighted by molar-refractivity contribution is -0.0588. The van der Waals surface area contributed by atoms with E-state index < -0.39 is 0 Å². The van der Waals surface area contributed by atoms with E-state index >= 15 is 0 Å². The minimum Gasteiger partial charge on any atom is -0.268 e. The van der Waals surface area contributed by atoms with E-state index in [1.165, 1.54) is 29.7 Å². The number of hydroxylamine groups is 1. The fraction of sp³-hybridized carbons (Fsp3) is 0.643. The molecule has 0 spiro atoms. The van der Waals surface area contributed by atoms with E-state index in [1.807, 2.05) is 26.8 Å². The van der Waals surface area contributed by atoms with Gasteiger partial charge in [-0.1, -0.05) is 6.42 Å². The maximum absolute atomic E-state index is 12.0. The van der Waals surface area contributed by atoms with Crippen molar-refractivity contribution in [3.63, 3.8) is 0 Å². The van der Waals surface area contributed by atoms with Crippen LogP contribution in [0, 0.1) is 0 Å². The summed E-state index contributed by atoms with van der Waals surface area (Å²) in [6, 6.07) is 2.03. The van der Waals surface area contributed by atoms with Crippen molar-refractivity contribution in [2.24, 2.45) is 0 Å². The van der Waals surface area contributed by atoms with Crippen LogP contribution in [0.25, 0.3) is 0 Å². The van der Waals surface area contributed by atoms with E-state index in [2.05, 4.69) is 5.48 Å². The highest BCUT2D eigenvalue weighted by molar-refractivity contribution is 7.14. The summed E-state index contributed by atoms with van der Waals surface area (Å²) in [4.78, 5) is 19.4. The number of fused-ring (bicyclic) bond motifs is 1. The summed E-state index contributed by atoms with van der Waals surface area (Å²) >= 11 is 1.62. The van der Waals surface area contributed by atoms with E-state index in [0.717, 1.165) is 17.7 Å². The van der Waals surface area contributed by atoms with Gasteiger partial charge in [0.05, 0.1) is 10.5 Å². The van der Waals surface area contributed by atoms with E-state index in [9.17, 15) is 4.79 Å². The molecule has 1 amide bonds. The molecule has 0 fully saturated rings. The first-order valence-corrected chi connectivity index (χ1v) is 7.37. The van der Waals surface area contributed by atoms with Gasteiger partial charge in [0, 0.05) is 4.88 Å². The van der Waals surface area contributed by atoms with Crippen LogP contribution < -0.4 is 5.48 Å². The number of amides is 1. The zero-order valence-electron chi connectivity index (χ0n) is 11.3. The highest BCUT2D eigenvalue weighted by Crippen LogP contribution is 2.28. The van der Waals surface area contributed by atoms with Crippen LogP contribution in [0.2, 0.25) is 0 Å². The Morgan fingerprint density at radius 3 is 2.72 bits per heavy atom. The quantitative estimate of drug-likeness (QED) is 0.658. The van der Waals surface area contributed by atoms with Crippen molar-refractivity contribution in [1.29, 1.82) is 0 Å². The Hall–Kier alpha value is -0.870. The van der Waals surface area contributed by atoms with Gasteiger partial charge in [-0.25, -0.2) is 5.48 Å². The molecule has 0 bridgehead atoms. The third kappa shape index (κ3) is 3.56. The van der Waals surface area contributed by atoms with Gasteiger partial charge in [-0.3, -0.25) is 9.63 Å². The Labute approximate surface area is 112 Å². The monoisotopic (exact) mass is 267 g/mol. The second-order valence-electron chi connectivity index (χ2n) is 5.77. The summed E-state index contributed by atoms with van der Waals surface area (Å²) in [6.07, 6.45) is 6.01. The first kappa shape index (κ1) is 13.6. The van der Waals surface area contributed by atoms with Crippen molar-refractivity contribution < 1.29 is 9.63 Å². The molecule has 0 unspecified atom stereocenters. The summed E-state index contributed by atoms with van der Waals surface area (Å²) < 4.78 is 0. The zero-order chi connectivity index (χ0) is 13.2. The zero-order valence-corrected chi connectivity index (χ0v) is 12.2. The third-order valence-corrected chi connectivity index (χ3v) is 4.16. The largest absolute Gasteiger partial charge is 0.284 e. The molecule has 0 atom stereocenters. The molecule has 1 aliphatic rings. The van der Waals surface area contributed by atoms with Gasteiger partial charge in [0.25, 0.3) is 5.91 Å². The van der Waals surface area contributed by atoms with E-state index in [-0.39, 0.29) is 11.5 Å². The maximum atomic E-state index is 12.0. The van der Waals surface area contributed by atoms with Gasteiger partial charge in [0.15, 0.2) is 0 Å². The maximum Gasteiger partial charge on any atom is 0.284 e. The number of carbonyl (C=O) groups excluding carboxylic acids is 1. The Bertz CT molecular complexity index is 408. The van der Waals surface area contributed by atoms with Crippen LogP contribution in [0.3, 0.4) is 0 Å². The van der Waals surface area contributed by atoms with Gasteiger partial charge in [0.2, 0.25) is 0 Å². The van der Waals surface area contributed by atoms with Crippen molar-refractivity contribution in [3.05, 3.63) is 21.4 Å². The predicted octanol–water partition coefficient (Wildman–Crippen LogP) is 3.48. The molecular weight excluding hydrogens is 246 g/mol. The second kappa shape index (κ2) is 5.41.